The van der Waals surface area contributed by atoms with Gasteiger partial charge in [-0.05, 0) is 6.42 Å². The molecule has 0 radical (unpaired) electrons. The first-order valence-corrected chi connectivity index (χ1v) is 3.79. The summed E-state index contributed by atoms with van der Waals surface area (Å²) >= 11 is 0. The van der Waals surface area contributed by atoms with Crippen LogP contribution in [-0.4, -0.2) is 39.7 Å². The molecule has 0 aromatic carbocycles. The zero-order chi connectivity index (χ0) is 9.68. The van der Waals surface area contributed by atoms with Crippen LogP contribution < -0.4 is 5.73 Å². The van der Waals surface area contributed by atoms with Gasteiger partial charge in [-0.15, -0.1) is 10.2 Å². The number of hydrogen-bond acceptors (Lipinski definition) is 6. The zero-order valence-electron chi connectivity index (χ0n) is 7.23. The molecule has 0 unspecified atom stereocenters. The highest BCUT2D eigenvalue weighted by atomic mass is 16.5. The lowest BCUT2D eigenvalue weighted by molar-refractivity contribution is -0.142. The summed E-state index contributed by atoms with van der Waals surface area (Å²) in [6.07, 6.45) is 0.957. The van der Waals surface area contributed by atoms with Gasteiger partial charge in [0.25, 0.3) is 0 Å². The fourth-order valence-corrected chi connectivity index (χ4v) is 0.842. The smallest absolute Gasteiger partial charge is 0.322 e. The Morgan fingerprint density at radius 1 is 1.77 bits per heavy atom. The van der Waals surface area contributed by atoms with Crippen molar-refractivity contribution in [2.75, 3.05) is 7.11 Å². The molecule has 1 aromatic heterocycles. The summed E-state index contributed by atoms with van der Waals surface area (Å²) in [7, 11) is 1.30. The van der Waals surface area contributed by atoms with Crippen LogP contribution in [0.5, 0.6) is 0 Å². The summed E-state index contributed by atoms with van der Waals surface area (Å²) < 4.78 is 4.45. The van der Waals surface area contributed by atoms with E-state index in [2.05, 4.69) is 25.4 Å². The van der Waals surface area contributed by atoms with Crippen LogP contribution in [0.4, 0.5) is 0 Å². The van der Waals surface area contributed by atoms with Crippen LogP contribution >= 0.6 is 0 Å². The maximum Gasteiger partial charge on any atom is 0.322 e. The lowest BCUT2D eigenvalue weighted by Crippen LogP contribution is -2.32. The standard InChI is InChI=1S/C6H11N5O2/c1-13-6(12)4(7)2-3-5-8-10-11-9-5/h4H,2-3,7H2,1H3,(H,8,9,10,11)/t4-/m0/s1. The van der Waals surface area contributed by atoms with E-state index in [0.717, 1.165) is 0 Å². The molecular formula is C6H11N5O2. The summed E-state index contributed by atoms with van der Waals surface area (Å²) in [5, 5.41) is 13.1. The third-order valence-corrected chi connectivity index (χ3v) is 1.57. The van der Waals surface area contributed by atoms with Crippen LogP contribution in [0.2, 0.25) is 0 Å². The lowest BCUT2D eigenvalue weighted by Gasteiger charge is -2.06. The number of ether oxygens (including phenoxy) is 1. The van der Waals surface area contributed by atoms with Crippen molar-refractivity contribution in [2.45, 2.75) is 18.9 Å². The quantitative estimate of drug-likeness (QED) is 0.560. The van der Waals surface area contributed by atoms with E-state index in [4.69, 9.17) is 5.73 Å². The number of rotatable bonds is 4. The average Bonchev–Trinajstić information content (AvgIpc) is 2.65. The summed E-state index contributed by atoms with van der Waals surface area (Å²) in [6.45, 7) is 0. The Morgan fingerprint density at radius 3 is 3.08 bits per heavy atom. The van der Waals surface area contributed by atoms with E-state index in [1.54, 1.807) is 0 Å². The normalized spacial score (nSPS) is 12.5. The van der Waals surface area contributed by atoms with Crippen molar-refractivity contribution < 1.29 is 9.53 Å². The van der Waals surface area contributed by atoms with Gasteiger partial charge >= 0.3 is 5.97 Å². The van der Waals surface area contributed by atoms with Gasteiger partial charge in [-0.2, -0.15) is 5.21 Å². The third-order valence-electron chi connectivity index (χ3n) is 1.57. The van der Waals surface area contributed by atoms with Gasteiger partial charge < -0.3 is 10.5 Å². The van der Waals surface area contributed by atoms with Crippen LogP contribution in [0, 0.1) is 0 Å². The van der Waals surface area contributed by atoms with Crippen molar-refractivity contribution in [3.63, 3.8) is 0 Å². The first-order valence-electron chi connectivity index (χ1n) is 3.79. The number of methoxy groups -OCH3 is 1. The van der Waals surface area contributed by atoms with Crippen molar-refractivity contribution in [3.8, 4) is 0 Å². The molecule has 7 heteroatoms. The van der Waals surface area contributed by atoms with Crippen LogP contribution in [0.15, 0.2) is 0 Å². The number of carbonyl (C=O) groups is 1. The number of nitrogens with zero attached hydrogens (tertiary/aromatic N) is 3. The molecule has 3 N–H and O–H groups in total. The van der Waals surface area contributed by atoms with E-state index in [0.29, 0.717) is 18.7 Å². The van der Waals surface area contributed by atoms with Crippen molar-refractivity contribution in [1.29, 1.82) is 0 Å². The van der Waals surface area contributed by atoms with E-state index in [1.165, 1.54) is 7.11 Å². The second-order valence-corrected chi connectivity index (χ2v) is 2.50. The van der Waals surface area contributed by atoms with E-state index in [-0.39, 0.29) is 0 Å². The number of tetrazole rings is 1. The molecule has 7 nitrogen and oxygen atoms in total. The van der Waals surface area contributed by atoms with Crippen molar-refractivity contribution in [2.24, 2.45) is 5.73 Å². The molecule has 0 bridgehead atoms. The van der Waals surface area contributed by atoms with Gasteiger partial charge in [-0.1, -0.05) is 5.21 Å². The molecule has 0 saturated carbocycles. The molecule has 1 atom stereocenters. The predicted molar refractivity (Wildman–Crippen MR) is 42.5 cm³/mol. The number of carbonyl (C=O) groups excluding carboxylic acids is 1. The lowest BCUT2D eigenvalue weighted by atomic mass is 10.1. The van der Waals surface area contributed by atoms with Crippen molar-refractivity contribution in [3.05, 3.63) is 5.82 Å². The van der Waals surface area contributed by atoms with Crippen molar-refractivity contribution in [1.82, 2.24) is 20.6 Å². The Hall–Kier alpha value is -1.50. The largest absolute Gasteiger partial charge is 0.468 e. The molecule has 13 heavy (non-hydrogen) atoms. The zero-order valence-corrected chi connectivity index (χ0v) is 7.23. The fourth-order valence-electron chi connectivity index (χ4n) is 0.842. The molecule has 1 heterocycles. The molecule has 0 saturated heterocycles. The van der Waals surface area contributed by atoms with Gasteiger partial charge in [-0.25, -0.2) is 0 Å². The summed E-state index contributed by atoms with van der Waals surface area (Å²) in [6, 6.07) is -0.622. The maximum absolute atomic E-state index is 10.9. The SMILES string of the molecule is COC(=O)[C@@H](N)CCc1nn[nH]n1. The Kier molecular flexibility index (Phi) is 3.32. The minimum atomic E-state index is -0.622. The van der Waals surface area contributed by atoms with Crippen LogP contribution in [0.25, 0.3) is 0 Å². The summed E-state index contributed by atoms with van der Waals surface area (Å²) in [5.41, 5.74) is 5.48. The van der Waals surface area contributed by atoms with E-state index in [9.17, 15) is 4.79 Å². The molecule has 1 rings (SSSR count). The second-order valence-electron chi connectivity index (χ2n) is 2.50. The monoisotopic (exact) mass is 185 g/mol. The molecule has 72 valence electrons. The van der Waals surface area contributed by atoms with Gasteiger partial charge in [0.2, 0.25) is 0 Å². The molecular weight excluding hydrogens is 174 g/mol. The predicted octanol–water partition coefficient (Wildman–Crippen LogP) is -1.37. The Balaban J connectivity index is 2.30. The van der Waals surface area contributed by atoms with E-state index in [1.807, 2.05) is 0 Å². The molecule has 0 spiro atoms. The summed E-state index contributed by atoms with van der Waals surface area (Å²) in [4.78, 5) is 10.9. The number of aromatic amines is 1. The number of nitrogens with two attached hydrogens (primary N) is 1. The third kappa shape index (κ3) is 2.79. The molecule has 1 aromatic rings. The van der Waals surface area contributed by atoms with Gasteiger partial charge in [0.15, 0.2) is 5.82 Å². The Morgan fingerprint density at radius 2 is 2.54 bits per heavy atom. The maximum atomic E-state index is 10.9. The minimum Gasteiger partial charge on any atom is -0.468 e. The highest BCUT2D eigenvalue weighted by Gasteiger charge is 2.14. The highest BCUT2D eigenvalue weighted by Crippen LogP contribution is 1.97. The van der Waals surface area contributed by atoms with Crippen LogP contribution in [0.1, 0.15) is 12.2 Å². The van der Waals surface area contributed by atoms with Gasteiger partial charge in [0, 0.05) is 6.42 Å². The average molecular weight is 185 g/mol. The van der Waals surface area contributed by atoms with E-state index >= 15 is 0 Å². The molecule has 0 aliphatic heterocycles. The Labute approximate surface area is 74.6 Å². The summed E-state index contributed by atoms with van der Waals surface area (Å²) in [5.74, 6) is 0.114. The Bertz CT molecular complexity index is 260. The van der Waals surface area contributed by atoms with E-state index < -0.39 is 12.0 Å². The topological polar surface area (TPSA) is 107 Å². The van der Waals surface area contributed by atoms with Crippen LogP contribution in [0.3, 0.4) is 0 Å². The number of hydrogen-bond donors (Lipinski definition) is 2. The molecule has 0 amide bonds. The number of H-pyrrole nitrogens is 1. The fraction of sp³-hybridized carbons (Fsp3) is 0.667. The molecule has 0 aliphatic carbocycles. The highest BCUT2D eigenvalue weighted by molar-refractivity contribution is 5.75. The van der Waals surface area contributed by atoms with Gasteiger partial charge in [0.05, 0.1) is 7.11 Å². The number of aromatic nitrogens is 4. The number of nitrogens with one attached hydrogen (secondary N) is 1. The van der Waals surface area contributed by atoms with Crippen LogP contribution in [-0.2, 0) is 16.0 Å². The van der Waals surface area contributed by atoms with Gasteiger partial charge in [0.1, 0.15) is 6.04 Å². The number of esters is 1. The molecule has 0 aliphatic rings. The first-order chi connectivity index (χ1) is 6.24. The minimum absolute atomic E-state index is 0.427. The van der Waals surface area contributed by atoms with Gasteiger partial charge in [-0.3, -0.25) is 4.79 Å². The molecule has 0 fully saturated rings. The second kappa shape index (κ2) is 4.51. The van der Waals surface area contributed by atoms with Crippen molar-refractivity contribution >= 4 is 5.97 Å². The number of aryl methyl sites for hydroxylation is 1. The first kappa shape index (κ1) is 9.59.